The molecule has 2 aliphatic rings. The highest BCUT2D eigenvalue weighted by Gasteiger charge is 2.47. The molecule has 1 N–H and O–H groups in total. The largest absolute Gasteiger partial charge is 0.444 e. The quantitative estimate of drug-likeness (QED) is 0.765. The number of carbonyl (C=O) groups excluding carboxylic acids is 2. The number of amides is 3. The van der Waals surface area contributed by atoms with E-state index >= 15 is 0 Å². The average molecular weight is 376 g/mol. The van der Waals surface area contributed by atoms with Crippen molar-refractivity contribution in [2.45, 2.75) is 38.5 Å². The second-order valence-electron chi connectivity index (χ2n) is 7.30. The molecule has 3 rings (SSSR count). The van der Waals surface area contributed by atoms with Crippen molar-refractivity contribution in [1.29, 1.82) is 0 Å². The SMILES string of the molecule is C=CCON1C(=O)N2C[C@H]1C(c1cnco1)=CC2CNC(=O)OC(C)(C)C. The van der Waals surface area contributed by atoms with Crippen LogP contribution in [0.1, 0.15) is 26.5 Å². The number of nitrogens with zero attached hydrogens (tertiary/aromatic N) is 3. The van der Waals surface area contributed by atoms with Crippen LogP contribution in [-0.4, -0.2) is 64.5 Å². The lowest BCUT2D eigenvalue weighted by Crippen LogP contribution is -2.46. The van der Waals surface area contributed by atoms with E-state index < -0.39 is 11.7 Å². The van der Waals surface area contributed by atoms with E-state index in [0.717, 1.165) is 5.57 Å². The predicted molar refractivity (Wildman–Crippen MR) is 96.4 cm³/mol. The Morgan fingerprint density at radius 3 is 2.93 bits per heavy atom. The third-order valence-corrected chi connectivity index (χ3v) is 4.12. The predicted octanol–water partition coefficient (Wildman–Crippen LogP) is 2.19. The molecular weight excluding hydrogens is 352 g/mol. The molecule has 2 aliphatic heterocycles. The number of oxazole rings is 1. The van der Waals surface area contributed by atoms with Crippen molar-refractivity contribution < 1.29 is 23.6 Å². The summed E-state index contributed by atoms with van der Waals surface area (Å²) in [6.45, 7) is 9.82. The summed E-state index contributed by atoms with van der Waals surface area (Å²) in [7, 11) is 0. The zero-order valence-electron chi connectivity index (χ0n) is 15.7. The number of hydrogen-bond acceptors (Lipinski definition) is 6. The van der Waals surface area contributed by atoms with Gasteiger partial charge in [0.25, 0.3) is 0 Å². The molecule has 2 bridgehead atoms. The van der Waals surface area contributed by atoms with Crippen molar-refractivity contribution in [2.75, 3.05) is 19.7 Å². The van der Waals surface area contributed by atoms with Crippen LogP contribution in [0.25, 0.3) is 5.57 Å². The van der Waals surface area contributed by atoms with Gasteiger partial charge < -0.3 is 19.4 Å². The molecule has 1 aromatic heterocycles. The minimum absolute atomic E-state index is 0.209. The van der Waals surface area contributed by atoms with Gasteiger partial charge in [-0.05, 0) is 20.8 Å². The molecule has 1 saturated heterocycles. The van der Waals surface area contributed by atoms with Gasteiger partial charge in [0, 0.05) is 12.1 Å². The first-order chi connectivity index (χ1) is 12.8. The van der Waals surface area contributed by atoms with Crippen LogP contribution in [0.15, 0.2) is 35.7 Å². The molecule has 1 aromatic rings. The van der Waals surface area contributed by atoms with Crippen molar-refractivity contribution in [3.05, 3.63) is 37.1 Å². The number of carbonyl (C=O) groups is 2. The monoisotopic (exact) mass is 376 g/mol. The normalized spacial score (nSPS) is 21.9. The molecule has 146 valence electrons. The standard InChI is InChI=1S/C18H24N4O5/c1-5-6-26-22-14-10-21(17(22)24)12(7-13(14)15-9-19-11-25-15)8-20-16(23)27-18(2,3)4/h5,7,9,11-12,14H,1,6,8,10H2,2-4H3,(H,20,23)/t12?,14-/m0/s1. The fourth-order valence-electron chi connectivity index (χ4n) is 3.06. The van der Waals surface area contributed by atoms with Gasteiger partial charge in [-0.25, -0.2) is 14.6 Å². The molecule has 0 spiro atoms. The summed E-state index contributed by atoms with van der Waals surface area (Å²) in [5.74, 6) is 0.559. The van der Waals surface area contributed by atoms with E-state index in [9.17, 15) is 9.59 Å². The van der Waals surface area contributed by atoms with Crippen molar-refractivity contribution in [1.82, 2.24) is 20.3 Å². The summed E-state index contributed by atoms with van der Waals surface area (Å²) in [5, 5.41) is 4.04. The average Bonchev–Trinajstić information content (AvgIpc) is 3.20. The molecule has 2 atom stereocenters. The lowest BCUT2D eigenvalue weighted by atomic mass is 9.98. The van der Waals surface area contributed by atoms with E-state index in [0.29, 0.717) is 12.3 Å². The van der Waals surface area contributed by atoms with Crippen molar-refractivity contribution in [3.8, 4) is 0 Å². The van der Waals surface area contributed by atoms with Crippen LogP contribution in [0.4, 0.5) is 9.59 Å². The van der Waals surface area contributed by atoms with Gasteiger partial charge >= 0.3 is 12.1 Å². The van der Waals surface area contributed by atoms with Gasteiger partial charge in [-0.3, -0.25) is 4.84 Å². The van der Waals surface area contributed by atoms with Crippen LogP contribution in [-0.2, 0) is 9.57 Å². The van der Waals surface area contributed by atoms with Gasteiger partial charge in [0.1, 0.15) is 11.6 Å². The minimum atomic E-state index is -0.596. The van der Waals surface area contributed by atoms with Crippen LogP contribution in [0.2, 0.25) is 0 Å². The molecule has 9 heteroatoms. The maximum Gasteiger partial charge on any atom is 0.407 e. The van der Waals surface area contributed by atoms with E-state index in [4.69, 9.17) is 14.0 Å². The summed E-state index contributed by atoms with van der Waals surface area (Å²) in [4.78, 5) is 35.9. The summed E-state index contributed by atoms with van der Waals surface area (Å²) in [6, 6.07) is -0.953. The first-order valence-electron chi connectivity index (χ1n) is 8.71. The Morgan fingerprint density at radius 2 is 2.30 bits per heavy atom. The number of rotatable bonds is 6. The molecule has 1 unspecified atom stereocenters. The number of hydroxylamine groups is 2. The number of hydrogen-bond donors (Lipinski definition) is 1. The molecule has 3 heterocycles. The van der Waals surface area contributed by atoms with Gasteiger partial charge in [-0.2, -0.15) is 5.06 Å². The van der Waals surface area contributed by atoms with Crippen LogP contribution >= 0.6 is 0 Å². The Kier molecular flexibility index (Phi) is 5.22. The molecule has 0 aromatic carbocycles. The Hall–Kier alpha value is -2.81. The Morgan fingerprint density at radius 1 is 1.52 bits per heavy atom. The van der Waals surface area contributed by atoms with Crippen LogP contribution < -0.4 is 5.32 Å². The number of ether oxygens (including phenoxy) is 1. The van der Waals surface area contributed by atoms with E-state index in [-0.39, 0.29) is 31.3 Å². The number of fused-ring (bicyclic) bond motifs is 2. The highest BCUT2D eigenvalue weighted by Crippen LogP contribution is 2.35. The summed E-state index contributed by atoms with van der Waals surface area (Å²) in [5.41, 5.74) is 0.191. The number of alkyl carbamates (subject to hydrolysis) is 1. The van der Waals surface area contributed by atoms with E-state index in [1.165, 1.54) is 11.5 Å². The summed E-state index contributed by atoms with van der Waals surface area (Å²) in [6.07, 6.45) is 5.85. The zero-order valence-corrected chi connectivity index (χ0v) is 15.7. The molecule has 9 nitrogen and oxygen atoms in total. The molecule has 0 aliphatic carbocycles. The highest BCUT2D eigenvalue weighted by atomic mass is 16.7. The third kappa shape index (κ3) is 4.13. The molecule has 27 heavy (non-hydrogen) atoms. The molecule has 3 amide bonds. The fourth-order valence-corrected chi connectivity index (χ4v) is 3.06. The van der Waals surface area contributed by atoms with Crippen LogP contribution in [0.5, 0.6) is 0 Å². The third-order valence-electron chi connectivity index (χ3n) is 4.12. The lowest BCUT2D eigenvalue weighted by Gasteiger charge is -2.29. The van der Waals surface area contributed by atoms with Crippen molar-refractivity contribution in [2.24, 2.45) is 0 Å². The van der Waals surface area contributed by atoms with Gasteiger partial charge in [-0.1, -0.05) is 12.2 Å². The molecule has 1 fully saturated rings. The van der Waals surface area contributed by atoms with Crippen molar-refractivity contribution in [3.63, 3.8) is 0 Å². The number of aromatic nitrogens is 1. The molecule has 0 saturated carbocycles. The number of nitrogens with one attached hydrogen (secondary N) is 1. The lowest BCUT2D eigenvalue weighted by molar-refractivity contribution is -0.106. The van der Waals surface area contributed by atoms with E-state index in [1.54, 1.807) is 37.9 Å². The Labute approximate surface area is 157 Å². The number of urea groups is 1. The molecular formula is C18H24N4O5. The smallest absolute Gasteiger partial charge is 0.407 e. The van der Waals surface area contributed by atoms with E-state index in [2.05, 4.69) is 16.9 Å². The summed E-state index contributed by atoms with van der Waals surface area (Å²) < 4.78 is 10.7. The maximum absolute atomic E-state index is 12.8. The fraction of sp³-hybridized carbons (Fsp3) is 0.500. The van der Waals surface area contributed by atoms with Crippen LogP contribution in [0, 0.1) is 0 Å². The van der Waals surface area contributed by atoms with Crippen LogP contribution in [0.3, 0.4) is 0 Å². The maximum atomic E-state index is 12.8. The minimum Gasteiger partial charge on any atom is -0.444 e. The Balaban J connectivity index is 1.78. The summed E-state index contributed by atoms with van der Waals surface area (Å²) >= 11 is 0. The van der Waals surface area contributed by atoms with Gasteiger partial charge in [-0.15, -0.1) is 6.58 Å². The zero-order chi connectivity index (χ0) is 19.6. The van der Waals surface area contributed by atoms with Gasteiger partial charge in [0.05, 0.1) is 25.4 Å². The first-order valence-corrected chi connectivity index (χ1v) is 8.71. The van der Waals surface area contributed by atoms with E-state index in [1.807, 2.05) is 6.08 Å². The van der Waals surface area contributed by atoms with Crippen molar-refractivity contribution >= 4 is 17.7 Å². The Bertz CT molecular complexity index is 737. The van der Waals surface area contributed by atoms with Gasteiger partial charge in [0.15, 0.2) is 12.2 Å². The molecule has 0 radical (unpaired) electrons. The second-order valence-corrected chi connectivity index (χ2v) is 7.30. The second kappa shape index (κ2) is 7.43. The van der Waals surface area contributed by atoms with Gasteiger partial charge in [0.2, 0.25) is 0 Å². The topological polar surface area (TPSA) is 97.1 Å². The first kappa shape index (κ1) is 19.0. The highest BCUT2D eigenvalue weighted by molar-refractivity contribution is 5.85.